The van der Waals surface area contributed by atoms with Crippen molar-refractivity contribution >= 4 is 28.2 Å². The molecular formula is C22H21ClF4N2O3. The molecule has 2 unspecified atom stereocenters. The van der Waals surface area contributed by atoms with Gasteiger partial charge in [-0.1, -0.05) is 17.7 Å². The Bertz CT molecular complexity index is 1130. The largest absolute Gasteiger partial charge is 0.495 e. The highest BCUT2D eigenvalue weighted by atomic mass is 35.5. The van der Waals surface area contributed by atoms with E-state index in [0.717, 1.165) is 24.9 Å². The molecule has 0 saturated heterocycles. The van der Waals surface area contributed by atoms with Crippen LogP contribution in [-0.2, 0) is 4.74 Å². The maximum Gasteiger partial charge on any atom is 0.421 e. The maximum absolute atomic E-state index is 14.2. The summed E-state index contributed by atoms with van der Waals surface area (Å²) in [5, 5.41) is 13.9. The third kappa shape index (κ3) is 4.46. The standard InChI is InChI=1S/C22H21ClF4N2O3/c1-12-7-8-14-17(28-12)5-4-6-18(14)29-20(21(30,11-31-2)22(25,26)27)15-9-13(24)10-16(23)19(15)32-3/h4-10,20,29-30H,11H2,1-3H3. The fourth-order valence-corrected chi connectivity index (χ4v) is 3.84. The van der Waals surface area contributed by atoms with Gasteiger partial charge in [0.05, 0.1) is 30.3 Å². The summed E-state index contributed by atoms with van der Waals surface area (Å²) < 4.78 is 66.7. The summed E-state index contributed by atoms with van der Waals surface area (Å²) >= 11 is 6.04. The number of nitrogens with one attached hydrogen (secondary N) is 1. The summed E-state index contributed by atoms with van der Waals surface area (Å²) in [6.07, 6.45) is -5.16. The van der Waals surface area contributed by atoms with E-state index in [2.05, 4.69) is 10.3 Å². The van der Waals surface area contributed by atoms with Crippen LogP contribution in [0.3, 0.4) is 0 Å². The molecular weight excluding hydrogens is 452 g/mol. The van der Waals surface area contributed by atoms with Crippen LogP contribution in [0.25, 0.3) is 10.9 Å². The lowest BCUT2D eigenvalue weighted by Gasteiger charge is -2.39. The predicted molar refractivity (Wildman–Crippen MR) is 114 cm³/mol. The molecule has 0 aliphatic heterocycles. The Morgan fingerprint density at radius 3 is 2.50 bits per heavy atom. The maximum atomic E-state index is 14.2. The quantitative estimate of drug-likeness (QED) is 0.448. The van der Waals surface area contributed by atoms with Crippen LogP contribution < -0.4 is 10.1 Å². The lowest BCUT2D eigenvalue weighted by Crippen LogP contribution is -2.55. The van der Waals surface area contributed by atoms with Crippen LogP contribution >= 0.6 is 11.6 Å². The molecule has 2 N–H and O–H groups in total. The normalized spacial score (nSPS) is 14.8. The average molecular weight is 473 g/mol. The number of hydrogen-bond acceptors (Lipinski definition) is 5. The van der Waals surface area contributed by atoms with Crippen LogP contribution in [0.1, 0.15) is 17.3 Å². The molecule has 0 aliphatic carbocycles. The molecule has 3 aromatic rings. The van der Waals surface area contributed by atoms with Gasteiger partial charge in [-0.25, -0.2) is 4.39 Å². The van der Waals surface area contributed by atoms with Gasteiger partial charge in [0.2, 0.25) is 5.60 Å². The second-order valence-corrected chi connectivity index (χ2v) is 7.67. The highest BCUT2D eigenvalue weighted by Crippen LogP contribution is 2.47. The Morgan fingerprint density at radius 1 is 1.16 bits per heavy atom. The first-order chi connectivity index (χ1) is 15.0. The van der Waals surface area contributed by atoms with Gasteiger partial charge in [0, 0.05) is 29.4 Å². The first-order valence-corrected chi connectivity index (χ1v) is 9.83. The first-order valence-electron chi connectivity index (χ1n) is 9.45. The third-order valence-electron chi connectivity index (χ3n) is 5.06. The van der Waals surface area contributed by atoms with Crippen molar-refractivity contribution in [1.82, 2.24) is 4.98 Å². The Balaban J connectivity index is 2.28. The molecule has 1 aromatic heterocycles. The number of halogens is 5. The number of methoxy groups -OCH3 is 2. The van der Waals surface area contributed by atoms with Crippen LogP contribution in [0, 0.1) is 12.7 Å². The van der Waals surface area contributed by atoms with E-state index in [4.69, 9.17) is 21.1 Å². The number of nitrogens with zero attached hydrogens (tertiary/aromatic N) is 1. The van der Waals surface area contributed by atoms with Crippen molar-refractivity contribution in [1.29, 1.82) is 0 Å². The van der Waals surface area contributed by atoms with Crippen LogP contribution in [-0.4, -0.2) is 42.7 Å². The summed E-state index contributed by atoms with van der Waals surface area (Å²) in [7, 11) is 2.21. The monoisotopic (exact) mass is 472 g/mol. The van der Waals surface area contributed by atoms with Crippen molar-refractivity contribution in [2.24, 2.45) is 0 Å². The topological polar surface area (TPSA) is 63.6 Å². The molecule has 10 heteroatoms. The third-order valence-corrected chi connectivity index (χ3v) is 5.34. The Hall–Kier alpha value is -2.62. The highest BCUT2D eigenvalue weighted by Gasteiger charge is 2.60. The van der Waals surface area contributed by atoms with E-state index in [9.17, 15) is 22.7 Å². The SMILES string of the molecule is COCC(O)(C(Nc1cccc2nc(C)ccc12)c1cc(F)cc(Cl)c1OC)C(F)(F)F. The van der Waals surface area contributed by atoms with Gasteiger partial charge in [-0.05, 0) is 43.3 Å². The Kier molecular flexibility index (Phi) is 6.83. The van der Waals surface area contributed by atoms with E-state index in [1.54, 1.807) is 31.2 Å². The van der Waals surface area contributed by atoms with Gasteiger partial charge in [0.1, 0.15) is 11.6 Å². The summed E-state index contributed by atoms with van der Waals surface area (Å²) in [5.41, 5.74) is -2.31. The minimum Gasteiger partial charge on any atom is -0.495 e. The molecule has 3 rings (SSSR count). The van der Waals surface area contributed by atoms with Crippen molar-refractivity contribution in [3.63, 3.8) is 0 Å². The second-order valence-electron chi connectivity index (χ2n) is 7.27. The highest BCUT2D eigenvalue weighted by molar-refractivity contribution is 6.32. The van der Waals surface area contributed by atoms with Crippen molar-refractivity contribution < 1.29 is 32.1 Å². The first kappa shape index (κ1) is 24.0. The number of fused-ring (bicyclic) bond motifs is 1. The summed E-state index contributed by atoms with van der Waals surface area (Å²) in [6.45, 7) is 0.649. The lowest BCUT2D eigenvalue weighted by molar-refractivity contribution is -0.279. The van der Waals surface area contributed by atoms with Gasteiger partial charge < -0.3 is 19.9 Å². The number of anilines is 1. The van der Waals surface area contributed by atoms with E-state index < -0.39 is 30.2 Å². The predicted octanol–water partition coefficient (Wildman–Crippen LogP) is 5.44. The van der Waals surface area contributed by atoms with Crippen LogP contribution in [0.2, 0.25) is 5.02 Å². The summed E-state index contributed by atoms with van der Waals surface area (Å²) in [5.74, 6) is -1.10. The fraction of sp³-hybridized carbons (Fsp3) is 0.318. The zero-order valence-electron chi connectivity index (χ0n) is 17.4. The number of alkyl halides is 3. The molecule has 2 aromatic carbocycles. The molecule has 5 nitrogen and oxygen atoms in total. The number of aromatic nitrogens is 1. The Morgan fingerprint density at radius 2 is 1.88 bits per heavy atom. The van der Waals surface area contributed by atoms with Crippen molar-refractivity contribution in [2.45, 2.75) is 24.7 Å². The fourth-order valence-electron chi connectivity index (χ4n) is 3.55. The van der Waals surface area contributed by atoms with Gasteiger partial charge in [-0.2, -0.15) is 13.2 Å². The molecule has 0 fully saturated rings. The zero-order valence-corrected chi connectivity index (χ0v) is 18.2. The molecule has 0 radical (unpaired) electrons. The van der Waals surface area contributed by atoms with Gasteiger partial charge in [-0.3, -0.25) is 4.98 Å². The second kappa shape index (κ2) is 9.09. The van der Waals surface area contributed by atoms with Gasteiger partial charge >= 0.3 is 6.18 Å². The molecule has 32 heavy (non-hydrogen) atoms. The van der Waals surface area contributed by atoms with Crippen molar-refractivity contribution in [3.05, 3.63) is 64.6 Å². The van der Waals surface area contributed by atoms with Crippen LogP contribution in [0.4, 0.5) is 23.2 Å². The molecule has 2 atom stereocenters. The molecule has 0 saturated carbocycles. The van der Waals surface area contributed by atoms with Gasteiger partial charge in [0.15, 0.2) is 0 Å². The molecule has 0 amide bonds. The number of aliphatic hydroxyl groups is 1. The molecule has 172 valence electrons. The number of ether oxygens (including phenoxy) is 2. The van der Waals surface area contributed by atoms with Crippen LogP contribution in [0.5, 0.6) is 5.75 Å². The molecule has 0 spiro atoms. The van der Waals surface area contributed by atoms with Gasteiger partial charge in [-0.15, -0.1) is 0 Å². The van der Waals surface area contributed by atoms with E-state index in [0.29, 0.717) is 10.9 Å². The summed E-state index contributed by atoms with van der Waals surface area (Å²) in [4.78, 5) is 4.37. The lowest BCUT2D eigenvalue weighted by atomic mass is 9.87. The molecule has 1 heterocycles. The van der Waals surface area contributed by atoms with Crippen molar-refractivity contribution in [3.8, 4) is 5.75 Å². The summed E-state index contributed by atoms with van der Waals surface area (Å²) in [6, 6.07) is 8.03. The molecule has 0 bridgehead atoms. The number of hydrogen-bond donors (Lipinski definition) is 2. The van der Waals surface area contributed by atoms with Crippen molar-refractivity contribution in [2.75, 3.05) is 26.1 Å². The molecule has 0 aliphatic rings. The Labute approximate surface area is 186 Å². The number of aryl methyl sites for hydroxylation is 1. The van der Waals surface area contributed by atoms with E-state index >= 15 is 0 Å². The minimum absolute atomic E-state index is 0.210. The van der Waals surface area contributed by atoms with Gasteiger partial charge in [0.25, 0.3) is 0 Å². The number of benzene rings is 2. The van der Waals surface area contributed by atoms with E-state index in [-0.39, 0.29) is 22.0 Å². The van der Waals surface area contributed by atoms with E-state index in [1.165, 1.54) is 13.2 Å². The van der Waals surface area contributed by atoms with E-state index in [1.807, 2.05) is 0 Å². The van der Waals surface area contributed by atoms with Crippen LogP contribution in [0.15, 0.2) is 42.5 Å². The average Bonchev–Trinajstić information content (AvgIpc) is 2.70. The number of rotatable bonds is 7. The smallest absolute Gasteiger partial charge is 0.421 e. The minimum atomic E-state index is -5.16. The zero-order chi connectivity index (χ0) is 23.7. The number of pyridine rings is 1.